The number of nitrogens with one attached hydrogen (secondary N) is 2. The van der Waals surface area contributed by atoms with Crippen molar-refractivity contribution in [1.29, 1.82) is 5.41 Å². The van der Waals surface area contributed by atoms with Crippen LogP contribution in [0.15, 0.2) is 57.8 Å². The van der Waals surface area contributed by atoms with Gasteiger partial charge in [0, 0.05) is 58.5 Å². The molecule has 5 rings (SSSR count). The zero-order chi connectivity index (χ0) is 26.8. The minimum absolute atomic E-state index is 0.0173. The Hall–Kier alpha value is -2.73. The Morgan fingerprint density at radius 1 is 1.29 bits per heavy atom. The SMILES string of the molecule is CN/N=C\C(=N)S(=O)N1CCN(CC2CC(OC)C2)C(C2=CC3C=NN(c4ccc(F)cc4)C3C=C2C)C1. The molecule has 204 valence electrons. The summed E-state index contributed by atoms with van der Waals surface area (Å²) in [5, 5.41) is 18.7. The molecule has 9 nitrogen and oxygen atoms in total. The van der Waals surface area contributed by atoms with Crippen molar-refractivity contribution in [3.8, 4) is 0 Å². The lowest BCUT2D eigenvalue weighted by molar-refractivity contribution is -0.0183. The van der Waals surface area contributed by atoms with Crippen molar-refractivity contribution in [2.24, 2.45) is 22.0 Å². The minimum atomic E-state index is -1.58. The van der Waals surface area contributed by atoms with Crippen molar-refractivity contribution < 1.29 is 13.3 Å². The highest BCUT2D eigenvalue weighted by Crippen LogP contribution is 2.37. The second-order valence-corrected chi connectivity index (χ2v) is 11.8. The molecule has 0 radical (unpaired) electrons. The highest BCUT2D eigenvalue weighted by molar-refractivity contribution is 8.00. The van der Waals surface area contributed by atoms with E-state index in [0.717, 1.165) is 31.6 Å². The number of ether oxygens (including phenoxy) is 1. The Kier molecular flexibility index (Phi) is 8.18. The summed E-state index contributed by atoms with van der Waals surface area (Å²) in [6.45, 7) is 5.06. The monoisotopic (exact) mass is 541 g/mol. The summed E-state index contributed by atoms with van der Waals surface area (Å²) in [6.07, 6.45) is 10.3. The molecule has 2 N–H and O–H groups in total. The summed E-state index contributed by atoms with van der Waals surface area (Å²) in [5.41, 5.74) is 5.86. The van der Waals surface area contributed by atoms with Gasteiger partial charge in [-0.05, 0) is 61.1 Å². The maximum atomic E-state index is 13.5. The van der Waals surface area contributed by atoms with E-state index < -0.39 is 11.0 Å². The van der Waals surface area contributed by atoms with E-state index >= 15 is 0 Å². The molecule has 11 heteroatoms. The van der Waals surface area contributed by atoms with Crippen molar-refractivity contribution in [3.05, 3.63) is 53.4 Å². The Morgan fingerprint density at radius 2 is 2.05 bits per heavy atom. The highest BCUT2D eigenvalue weighted by atomic mass is 32.2. The highest BCUT2D eigenvalue weighted by Gasteiger charge is 2.40. The second kappa shape index (κ2) is 11.6. The van der Waals surface area contributed by atoms with Crippen LogP contribution in [0.25, 0.3) is 0 Å². The molecule has 38 heavy (non-hydrogen) atoms. The predicted molar refractivity (Wildman–Crippen MR) is 150 cm³/mol. The van der Waals surface area contributed by atoms with Crippen LogP contribution in [0, 0.1) is 23.1 Å². The van der Waals surface area contributed by atoms with Crippen molar-refractivity contribution in [2.75, 3.05) is 45.3 Å². The third-order valence-electron chi connectivity index (χ3n) is 7.94. The first-order chi connectivity index (χ1) is 18.4. The van der Waals surface area contributed by atoms with E-state index in [2.05, 4.69) is 39.6 Å². The lowest BCUT2D eigenvalue weighted by Gasteiger charge is -2.46. The second-order valence-electron chi connectivity index (χ2n) is 10.3. The van der Waals surface area contributed by atoms with Crippen LogP contribution < -0.4 is 10.4 Å². The molecule has 4 aliphatic rings. The molecule has 1 saturated carbocycles. The third-order valence-corrected chi connectivity index (χ3v) is 9.23. The van der Waals surface area contributed by atoms with Crippen LogP contribution in [0.2, 0.25) is 0 Å². The first-order valence-corrected chi connectivity index (χ1v) is 14.2. The van der Waals surface area contributed by atoms with E-state index in [1.807, 2.05) is 15.5 Å². The number of hydrogen-bond acceptors (Lipinski definition) is 8. The number of anilines is 1. The molecule has 0 amide bonds. The molecular weight excluding hydrogens is 505 g/mol. The predicted octanol–water partition coefficient (Wildman–Crippen LogP) is 2.76. The number of fused-ring (bicyclic) bond motifs is 1. The molecule has 2 heterocycles. The van der Waals surface area contributed by atoms with Crippen LogP contribution in [-0.4, -0.2) is 89.4 Å². The van der Waals surface area contributed by atoms with Gasteiger partial charge in [-0.25, -0.2) is 12.9 Å². The largest absolute Gasteiger partial charge is 0.381 e. The van der Waals surface area contributed by atoms with Gasteiger partial charge in [0.15, 0.2) is 5.04 Å². The van der Waals surface area contributed by atoms with Gasteiger partial charge in [0.25, 0.3) is 0 Å². The van der Waals surface area contributed by atoms with Gasteiger partial charge < -0.3 is 10.2 Å². The fraction of sp³-hybridized carbons (Fsp3) is 0.519. The standard InChI is InChI=1S/C27H36FN7O2S/c1-18-10-25-20(14-32-35(25)22-6-4-21(28)5-7-22)13-24(18)26-17-34(38(36)27(29)15-31-30-2)9-8-33(26)16-19-11-23(12-19)37-3/h4-7,10,13-15,19-20,23,25-26,29-30H,8-9,11-12,16-17H2,1-3H3/b29-27?,31-15-. The molecule has 1 aromatic carbocycles. The van der Waals surface area contributed by atoms with E-state index in [-0.39, 0.29) is 28.9 Å². The number of benzene rings is 1. The van der Waals surface area contributed by atoms with Gasteiger partial charge in [-0.3, -0.25) is 15.3 Å². The van der Waals surface area contributed by atoms with Crippen LogP contribution >= 0.6 is 0 Å². The summed E-state index contributed by atoms with van der Waals surface area (Å²) in [5.74, 6) is 0.409. The zero-order valence-electron chi connectivity index (χ0n) is 22.1. The Balaban J connectivity index is 1.37. The molecule has 4 unspecified atom stereocenters. The molecule has 0 spiro atoms. The number of nitrogens with zero attached hydrogens (tertiary/aromatic N) is 5. The fourth-order valence-corrected chi connectivity index (χ4v) is 6.76. The average molecular weight is 542 g/mol. The quantitative estimate of drug-likeness (QED) is 0.300. The third kappa shape index (κ3) is 5.51. The van der Waals surface area contributed by atoms with Crippen molar-refractivity contribution in [2.45, 2.75) is 38.0 Å². The lowest BCUT2D eigenvalue weighted by atomic mass is 9.80. The summed E-state index contributed by atoms with van der Waals surface area (Å²) in [7, 11) is 1.85. The zero-order valence-corrected chi connectivity index (χ0v) is 22.9. The van der Waals surface area contributed by atoms with Crippen molar-refractivity contribution in [1.82, 2.24) is 14.6 Å². The Bertz CT molecular complexity index is 1180. The number of halogens is 1. The van der Waals surface area contributed by atoms with Crippen LogP contribution in [0.4, 0.5) is 10.1 Å². The lowest BCUT2D eigenvalue weighted by Crippen LogP contribution is -2.57. The van der Waals surface area contributed by atoms with E-state index in [0.29, 0.717) is 25.1 Å². The number of methoxy groups -OCH3 is 1. The van der Waals surface area contributed by atoms with Crippen molar-refractivity contribution in [3.63, 3.8) is 0 Å². The number of hydrogen-bond donors (Lipinski definition) is 2. The van der Waals surface area contributed by atoms with Gasteiger partial charge in [0.1, 0.15) is 16.8 Å². The topological polar surface area (TPSA) is 96.6 Å². The minimum Gasteiger partial charge on any atom is -0.381 e. The maximum Gasteiger partial charge on any atom is 0.154 e. The molecule has 1 aromatic rings. The molecule has 2 aliphatic heterocycles. The Labute approximate surface area is 226 Å². The van der Waals surface area contributed by atoms with Crippen LogP contribution in [0.1, 0.15) is 19.8 Å². The van der Waals surface area contributed by atoms with Crippen LogP contribution in [-0.2, 0) is 15.7 Å². The molecule has 2 fully saturated rings. The van der Waals surface area contributed by atoms with Crippen LogP contribution in [0.5, 0.6) is 0 Å². The van der Waals surface area contributed by atoms with E-state index in [1.165, 1.54) is 29.5 Å². The van der Waals surface area contributed by atoms with Gasteiger partial charge in [-0.15, -0.1) is 0 Å². The van der Waals surface area contributed by atoms with Gasteiger partial charge in [0.2, 0.25) is 0 Å². The number of piperazine rings is 1. The Morgan fingerprint density at radius 3 is 2.76 bits per heavy atom. The molecule has 4 atom stereocenters. The summed E-state index contributed by atoms with van der Waals surface area (Å²) < 4.78 is 34.0. The van der Waals surface area contributed by atoms with Gasteiger partial charge in [-0.2, -0.15) is 10.2 Å². The smallest absolute Gasteiger partial charge is 0.154 e. The molecule has 1 saturated heterocycles. The van der Waals surface area contributed by atoms with Gasteiger partial charge in [-0.1, -0.05) is 12.2 Å². The molecular formula is C27H36FN7O2S. The van der Waals surface area contributed by atoms with E-state index in [9.17, 15) is 8.60 Å². The van der Waals surface area contributed by atoms with Crippen LogP contribution in [0.3, 0.4) is 0 Å². The number of rotatable bonds is 8. The van der Waals surface area contributed by atoms with E-state index in [1.54, 1.807) is 26.3 Å². The summed E-state index contributed by atoms with van der Waals surface area (Å²) >= 11 is 0. The first kappa shape index (κ1) is 26.9. The van der Waals surface area contributed by atoms with Gasteiger partial charge in [0.05, 0.1) is 24.0 Å². The summed E-state index contributed by atoms with van der Waals surface area (Å²) in [4.78, 5) is 2.52. The average Bonchev–Trinajstić information content (AvgIpc) is 3.31. The van der Waals surface area contributed by atoms with Gasteiger partial charge >= 0.3 is 0 Å². The maximum absolute atomic E-state index is 13.5. The summed E-state index contributed by atoms with van der Waals surface area (Å²) in [6, 6.07) is 6.51. The van der Waals surface area contributed by atoms with E-state index in [4.69, 9.17) is 10.1 Å². The number of hydrazone groups is 2. The fourth-order valence-electron chi connectivity index (χ4n) is 5.81. The first-order valence-electron chi connectivity index (χ1n) is 13.1. The molecule has 0 aromatic heterocycles. The normalized spacial score (nSPS) is 30.5. The molecule has 2 aliphatic carbocycles. The molecule has 0 bridgehead atoms. The van der Waals surface area contributed by atoms with Crippen molar-refractivity contribution >= 4 is 34.1 Å².